The summed E-state index contributed by atoms with van der Waals surface area (Å²) in [4.78, 5) is 16.1. The van der Waals surface area contributed by atoms with E-state index in [0.29, 0.717) is 32.9 Å². The number of fused-ring (bicyclic) bond motifs is 1. The second-order valence-corrected chi connectivity index (χ2v) is 5.78. The number of aromatic nitrogens is 4. The molecule has 4 rings (SSSR count). The van der Waals surface area contributed by atoms with Gasteiger partial charge < -0.3 is 4.52 Å². The van der Waals surface area contributed by atoms with Gasteiger partial charge >= 0.3 is 0 Å². The van der Waals surface area contributed by atoms with Crippen molar-refractivity contribution in [3.8, 4) is 11.6 Å². The molecule has 0 atom stereocenters. The third kappa shape index (κ3) is 2.89. The van der Waals surface area contributed by atoms with E-state index in [1.807, 2.05) is 0 Å². The van der Waals surface area contributed by atoms with E-state index in [-0.39, 0.29) is 17.9 Å². The number of hydrogen-bond donors (Lipinski definition) is 1. The van der Waals surface area contributed by atoms with Gasteiger partial charge in [0, 0.05) is 16.8 Å². The lowest BCUT2D eigenvalue weighted by Gasteiger charge is -2.00. The molecular formula is C17H10ClFN4O2. The van der Waals surface area contributed by atoms with Crippen molar-refractivity contribution in [3.63, 3.8) is 0 Å². The SMILES string of the molecule is O=c1[nH]nc(-c2nc(Cc3ccc(F)cc3Cl)no2)c2ccccc12. The van der Waals surface area contributed by atoms with E-state index in [1.165, 1.54) is 12.1 Å². The molecule has 1 N–H and O–H groups in total. The zero-order valence-electron chi connectivity index (χ0n) is 12.7. The summed E-state index contributed by atoms with van der Waals surface area (Å²) in [6, 6.07) is 11.1. The van der Waals surface area contributed by atoms with Crippen molar-refractivity contribution in [1.82, 2.24) is 20.3 Å². The van der Waals surface area contributed by atoms with Gasteiger partial charge in [-0.25, -0.2) is 9.49 Å². The largest absolute Gasteiger partial charge is 0.332 e. The molecule has 0 fully saturated rings. The highest BCUT2D eigenvalue weighted by Gasteiger charge is 2.16. The molecule has 2 heterocycles. The molecule has 0 bridgehead atoms. The summed E-state index contributed by atoms with van der Waals surface area (Å²) in [7, 11) is 0. The molecule has 6 nitrogen and oxygen atoms in total. The van der Waals surface area contributed by atoms with Gasteiger partial charge in [0.05, 0.1) is 5.39 Å². The Labute approximate surface area is 145 Å². The van der Waals surface area contributed by atoms with Gasteiger partial charge in [-0.05, 0) is 23.8 Å². The fourth-order valence-corrected chi connectivity index (χ4v) is 2.77. The Kier molecular flexibility index (Phi) is 3.77. The van der Waals surface area contributed by atoms with Crippen molar-refractivity contribution in [1.29, 1.82) is 0 Å². The highest BCUT2D eigenvalue weighted by molar-refractivity contribution is 6.31. The summed E-state index contributed by atoms with van der Waals surface area (Å²) in [5, 5.41) is 11.7. The number of benzene rings is 2. The first-order valence-electron chi connectivity index (χ1n) is 7.36. The molecule has 8 heteroatoms. The van der Waals surface area contributed by atoms with E-state index in [2.05, 4.69) is 20.3 Å². The minimum absolute atomic E-state index is 0.181. The molecule has 0 aliphatic carbocycles. The first-order chi connectivity index (χ1) is 12.1. The van der Waals surface area contributed by atoms with Crippen LogP contribution in [-0.2, 0) is 6.42 Å². The molecule has 0 spiro atoms. The van der Waals surface area contributed by atoms with Crippen LogP contribution in [0.4, 0.5) is 4.39 Å². The molecule has 0 saturated carbocycles. The van der Waals surface area contributed by atoms with Crippen LogP contribution in [-0.4, -0.2) is 20.3 Å². The third-order valence-electron chi connectivity index (χ3n) is 3.73. The number of nitrogens with one attached hydrogen (secondary N) is 1. The van der Waals surface area contributed by atoms with Crippen LogP contribution in [0, 0.1) is 5.82 Å². The smallest absolute Gasteiger partial charge is 0.279 e. The van der Waals surface area contributed by atoms with Gasteiger partial charge in [0.15, 0.2) is 11.5 Å². The van der Waals surface area contributed by atoms with E-state index in [4.69, 9.17) is 16.1 Å². The maximum atomic E-state index is 13.1. The summed E-state index contributed by atoms with van der Waals surface area (Å²) in [5.41, 5.74) is 0.769. The predicted octanol–water partition coefficient (Wildman–Crippen LogP) is 3.36. The maximum absolute atomic E-state index is 13.1. The molecule has 0 saturated heterocycles. The van der Waals surface area contributed by atoms with Crippen molar-refractivity contribution in [2.75, 3.05) is 0 Å². The van der Waals surface area contributed by atoms with Crippen LogP contribution in [0.2, 0.25) is 5.02 Å². The Morgan fingerprint density at radius 2 is 1.96 bits per heavy atom. The number of aromatic amines is 1. The highest BCUT2D eigenvalue weighted by atomic mass is 35.5. The van der Waals surface area contributed by atoms with Crippen LogP contribution in [0.1, 0.15) is 11.4 Å². The van der Waals surface area contributed by atoms with Crippen molar-refractivity contribution in [2.45, 2.75) is 6.42 Å². The quantitative estimate of drug-likeness (QED) is 0.608. The first kappa shape index (κ1) is 15.5. The molecule has 0 unspecified atom stereocenters. The lowest BCUT2D eigenvalue weighted by Crippen LogP contribution is -2.09. The number of rotatable bonds is 3. The van der Waals surface area contributed by atoms with Gasteiger partial charge in [-0.2, -0.15) is 10.1 Å². The Balaban J connectivity index is 1.73. The number of hydrogen-bond acceptors (Lipinski definition) is 5. The third-order valence-corrected chi connectivity index (χ3v) is 4.08. The van der Waals surface area contributed by atoms with Gasteiger partial charge in [-0.3, -0.25) is 4.79 Å². The lowest BCUT2D eigenvalue weighted by molar-refractivity contribution is 0.422. The highest BCUT2D eigenvalue weighted by Crippen LogP contribution is 2.24. The van der Waals surface area contributed by atoms with Crippen molar-refractivity contribution < 1.29 is 8.91 Å². The van der Waals surface area contributed by atoms with Crippen LogP contribution in [0.25, 0.3) is 22.4 Å². The summed E-state index contributed by atoms with van der Waals surface area (Å²) >= 11 is 6.02. The zero-order chi connectivity index (χ0) is 17.4. The number of nitrogens with zero attached hydrogens (tertiary/aromatic N) is 3. The van der Waals surface area contributed by atoms with Gasteiger partial charge in [0.2, 0.25) is 0 Å². The van der Waals surface area contributed by atoms with Crippen molar-refractivity contribution in [2.24, 2.45) is 0 Å². The lowest BCUT2D eigenvalue weighted by atomic mass is 10.1. The van der Waals surface area contributed by atoms with Crippen LogP contribution >= 0.6 is 11.6 Å². The molecular weight excluding hydrogens is 347 g/mol. The predicted molar refractivity (Wildman–Crippen MR) is 89.9 cm³/mol. The van der Waals surface area contributed by atoms with E-state index in [1.54, 1.807) is 30.3 Å². The molecule has 0 aliphatic heterocycles. The normalized spacial score (nSPS) is 11.1. The molecule has 124 valence electrons. The summed E-state index contributed by atoms with van der Waals surface area (Å²) in [6.45, 7) is 0. The average molecular weight is 357 g/mol. The molecule has 2 aromatic heterocycles. The second kappa shape index (κ2) is 6.10. The van der Waals surface area contributed by atoms with Gasteiger partial charge in [-0.15, -0.1) is 0 Å². The molecule has 0 radical (unpaired) electrons. The average Bonchev–Trinajstić information content (AvgIpc) is 3.06. The maximum Gasteiger partial charge on any atom is 0.279 e. The van der Waals surface area contributed by atoms with E-state index < -0.39 is 5.82 Å². The Bertz CT molecular complexity index is 1140. The van der Waals surface area contributed by atoms with Gasteiger partial charge in [0.1, 0.15) is 5.82 Å². The molecule has 25 heavy (non-hydrogen) atoms. The van der Waals surface area contributed by atoms with Crippen molar-refractivity contribution in [3.05, 3.63) is 75.0 Å². The number of H-pyrrole nitrogens is 1. The van der Waals surface area contributed by atoms with Crippen LogP contribution in [0.15, 0.2) is 51.8 Å². The summed E-state index contributed by atoms with van der Waals surface area (Å²) in [5.74, 6) is 0.146. The van der Waals surface area contributed by atoms with Crippen LogP contribution < -0.4 is 5.56 Å². The standard InChI is InChI=1S/C17H10ClFN4O2/c18-13-8-10(19)6-5-9(13)7-14-20-17(25-23-14)15-11-3-1-2-4-12(11)16(24)22-21-15/h1-6,8H,7H2,(H,22,24). The van der Waals surface area contributed by atoms with E-state index in [9.17, 15) is 9.18 Å². The Hall–Kier alpha value is -3.06. The van der Waals surface area contributed by atoms with Crippen LogP contribution in [0.3, 0.4) is 0 Å². The van der Waals surface area contributed by atoms with E-state index in [0.717, 1.165) is 0 Å². The summed E-state index contributed by atoms with van der Waals surface area (Å²) < 4.78 is 18.4. The summed E-state index contributed by atoms with van der Waals surface area (Å²) in [6.07, 6.45) is 0.282. The Morgan fingerprint density at radius 1 is 1.16 bits per heavy atom. The minimum Gasteiger partial charge on any atom is -0.332 e. The topological polar surface area (TPSA) is 84.7 Å². The minimum atomic E-state index is -0.411. The van der Waals surface area contributed by atoms with Crippen molar-refractivity contribution >= 4 is 22.4 Å². The molecule has 0 amide bonds. The zero-order valence-corrected chi connectivity index (χ0v) is 13.4. The molecule has 2 aromatic carbocycles. The Morgan fingerprint density at radius 3 is 2.76 bits per heavy atom. The van der Waals surface area contributed by atoms with Crippen LogP contribution in [0.5, 0.6) is 0 Å². The van der Waals surface area contributed by atoms with Gasteiger partial charge in [-0.1, -0.05) is 41.0 Å². The fourth-order valence-electron chi connectivity index (χ4n) is 2.54. The fraction of sp³-hybridized carbons (Fsp3) is 0.0588. The molecule has 0 aliphatic rings. The monoisotopic (exact) mass is 356 g/mol. The van der Waals surface area contributed by atoms with Gasteiger partial charge in [0.25, 0.3) is 11.4 Å². The second-order valence-electron chi connectivity index (χ2n) is 5.38. The first-order valence-corrected chi connectivity index (χ1v) is 7.74. The molecule has 4 aromatic rings. The number of halogens is 2. The van der Waals surface area contributed by atoms with E-state index >= 15 is 0 Å².